The maximum Gasteiger partial charge on any atom is 0.142 e. The van der Waals surface area contributed by atoms with Crippen LogP contribution in [-0.2, 0) is 0 Å². The van der Waals surface area contributed by atoms with Crippen LogP contribution in [0.25, 0.3) is 5.57 Å². The van der Waals surface area contributed by atoms with Crippen LogP contribution >= 0.6 is 0 Å². The van der Waals surface area contributed by atoms with E-state index in [4.69, 9.17) is 25.7 Å². The van der Waals surface area contributed by atoms with E-state index in [1.807, 2.05) is 24.3 Å². The van der Waals surface area contributed by atoms with Gasteiger partial charge in [-0.05, 0) is 35.4 Å². The summed E-state index contributed by atoms with van der Waals surface area (Å²) < 4.78 is 15.9. The SMILES string of the molecule is COc1cc(OC)cc(C(=CN)c2ccc(N)c(OC)c2)c1. The van der Waals surface area contributed by atoms with Gasteiger partial charge in [0.1, 0.15) is 17.2 Å². The van der Waals surface area contributed by atoms with E-state index in [0.717, 1.165) is 16.7 Å². The number of benzene rings is 2. The minimum Gasteiger partial charge on any atom is -0.497 e. The Morgan fingerprint density at radius 3 is 2.00 bits per heavy atom. The molecule has 0 aliphatic heterocycles. The van der Waals surface area contributed by atoms with E-state index in [0.29, 0.717) is 22.9 Å². The third-order valence-corrected chi connectivity index (χ3v) is 3.37. The van der Waals surface area contributed by atoms with E-state index in [9.17, 15) is 0 Å². The van der Waals surface area contributed by atoms with Crippen molar-refractivity contribution in [1.29, 1.82) is 0 Å². The van der Waals surface area contributed by atoms with Gasteiger partial charge in [0.2, 0.25) is 0 Å². The highest BCUT2D eigenvalue weighted by Gasteiger charge is 2.11. The molecule has 5 heteroatoms. The number of nitrogen functional groups attached to an aromatic ring is 1. The minimum atomic E-state index is 0.575. The molecule has 2 rings (SSSR count). The molecule has 0 heterocycles. The van der Waals surface area contributed by atoms with Gasteiger partial charge in [-0.3, -0.25) is 0 Å². The fraction of sp³-hybridized carbons (Fsp3) is 0.176. The van der Waals surface area contributed by atoms with Crippen molar-refractivity contribution in [3.8, 4) is 17.2 Å². The number of ether oxygens (including phenoxy) is 3. The first-order valence-corrected chi connectivity index (χ1v) is 6.72. The van der Waals surface area contributed by atoms with E-state index < -0.39 is 0 Å². The molecule has 0 aliphatic rings. The average Bonchev–Trinajstić information content (AvgIpc) is 2.56. The summed E-state index contributed by atoms with van der Waals surface area (Å²) in [6.07, 6.45) is 1.54. The lowest BCUT2D eigenvalue weighted by atomic mass is 9.97. The molecule has 0 radical (unpaired) electrons. The summed E-state index contributed by atoms with van der Waals surface area (Å²) in [5.41, 5.74) is 14.9. The van der Waals surface area contributed by atoms with Crippen LogP contribution in [0.3, 0.4) is 0 Å². The van der Waals surface area contributed by atoms with Crippen molar-refractivity contribution in [2.45, 2.75) is 0 Å². The molecular weight excluding hydrogens is 280 g/mol. The molecule has 4 N–H and O–H groups in total. The Balaban J connectivity index is 2.53. The van der Waals surface area contributed by atoms with Crippen molar-refractivity contribution >= 4 is 11.3 Å². The summed E-state index contributed by atoms with van der Waals surface area (Å²) in [4.78, 5) is 0. The first kappa shape index (κ1) is 15.6. The highest BCUT2D eigenvalue weighted by Crippen LogP contribution is 2.33. The monoisotopic (exact) mass is 300 g/mol. The van der Waals surface area contributed by atoms with E-state index in [1.165, 1.54) is 0 Å². The Hall–Kier alpha value is -2.82. The summed E-state index contributed by atoms with van der Waals surface area (Å²) in [5.74, 6) is 1.99. The molecule has 0 amide bonds. The Morgan fingerprint density at radius 1 is 0.864 bits per heavy atom. The Labute approximate surface area is 130 Å². The molecule has 5 nitrogen and oxygen atoms in total. The van der Waals surface area contributed by atoms with Gasteiger partial charge in [-0.2, -0.15) is 0 Å². The first-order chi connectivity index (χ1) is 10.6. The summed E-state index contributed by atoms with van der Waals surface area (Å²) in [5, 5.41) is 0. The van der Waals surface area contributed by atoms with Crippen molar-refractivity contribution in [3.05, 3.63) is 53.7 Å². The Kier molecular flexibility index (Phi) is 4.78. The zero-order valence-corrected chi connectivity index (χ0v) is 12.9. The summed E-state index contributed by atoms with van der Waals surface area (Å²) in [6, 6.07) is 11.1. The molecule has 0 atom stereocenters. The Bertz CT molecular complexity index is 674. The largest absolute Gasteiger partial charge is 0.497 e. The Morgan fingerprint density at radius 2 is 1.50 bits per heavy atom. The van der Waals surface area contributed by atoms with E-state index in [-0.39, 0.29) is 0 Å². The lowest BCUT2D eigenvalue weighted by Crippen LogP contribution is -1.98. The molecule has 0 fully saturated rings. The molecule has 0 aromatic heterocycles. The smallest absolute Gasteiger partial charge is 0.142 e. The molecule has 0 unspecified atom stereocenters. The normalized spacial score (nSPS) is 11.1. The molecule has 2 aromatic rings. The predicted octanol–water partition coefficient (Wildman–Crippen LogP) is 2.64. The minimum absolute atomic E-state index is 0.575. The number of rotatable bonds is 5. The fourth-order valence-corrected chi connectivity index (χ4v) is 2.20. The number of methoxy groups -OCH3 is 3. The molecule has 0 saturated heterocycles. The van der Waals surface area contributed by atoms with Crippen LogP contribution < -0.4 is 25.7 Å². The number of hydrogen-bond acceptors (Lipinski definition) is 5. The lowest BCUT2D eigenvalue weighted by molar-refractivity contribution is 0.394. The quantitative estimate of drug-likeness (QED) is 0.830. The number of anilines is 1. The van der Waals surface area contributed by atoms with Gasteiger partial charge in [0.15, 0.2) is 0 Å². The maximum absolute atomic E-state index is 5.86. The average molecular weight is 300 g/mol. The van der Waals surface area contributed by atoms with Gasteiger partial charge in [-0.1, -0.05) is 6.07 Å². The van der Waals surface area contributed by atoms with Gasteiger partial charge in [0.25, 0.3) is 0 Å². The molecular formula is C17H20N2O3. The highest BCUT2D eigenvalue weighted by molar-refractivity contribution is 5.82. The van der Waals surface area contributed by atoms with Gasteiger partial charge in [-0.15, -0.1) is 0 Å². The number of hydrogen-bond donors (Lipinski definition) is 2. The van der Waals surface area contributed by atoms with E-state index >= 15 is 0 Å². The lowest BCUT2D eigenvalue weighted by Gasteiger charge is -2.13. The number of nitrogens with two attached hydrogens (primary N) is 2. The van der Waals surface area contributed by atoms with Crippen molar-refractivity contribution in [2.75, 3.05) is 27.1 Å². The molecule has 0 saturated carbocycles. The van der Waals surface area contributed by atoms with Gasteiger partial charge >= 0.3 is 0 Å². The second-order valence-corrected chi connectivity index (χ2v) is 4.64. The second kappa shape index (κ2) is 6.76. The zero-order chi connectivity index (χ0) is 16.1. The summed E-state index contributed by atoms with van der Waals surface area (Å²) in [6.45, 7) is 0. The zero-order valence-electron chi connectivity index (χ0n) is 12.9. The second-order valence-electron chi connectivity index (χ2n) is 4.64. The molecule has 0 aliphatic carbocycles. The van der Waals surface area contributed by atoms with E-state index in [1.54, 1.807) is 39.7 Å². The van der Waals surface area contributed by atoms with Gasteiger partial charge in [-0.25, -0.2) is 0 Å². The van der Waals surface area contributed by atoms with Crippen molar-refractivity contribution in [1.82, 2.24) is 0 Å². The van der Waals surface area contributed by atoms with Crippen molar-refractivity contribution in [3.63, 3.8) is 0 Å². The van der Waals surface area contributed by atoms with Crippen LogP contribution in [0, 0.1) is 0 Å². The van der Waals surface area contributed by atoms with Gasteiger partial charge in [0, 0.05) is 17.8 Å². The molecule has 2 aromatic carbocycles. The van der Waals surface area contributed by atoms with Crippen LogP contribution in [0.15, 0.2) is 42.6 Å². The predicted molar refractivity (Wildman–Crippen MR) is 88.2 cm³/mol. The van der Waals surface area contributed by atoms with Gasteiger partial charge in [0.05, 0.1) is 27.0 Å². The van der Waals surface area contributed by atoms with Gasteiger partial charge < -0.3 is 25.7 Å². The van der Waals surface area contributed by atoms with Crippen LogP contribution in [-0.4, -0.2) is 21.3 Å². The van der Waals surface area contributed by atoms with Crippen LogP contribution in [0.1, 0.15) is 11.1 Å². The maximum atomic E-state index is 5.86. The molecule has 0 bridgehead atoms. The highest BCUT2D eigenvalue weighted by atomic mass is 16.5. The van der Waals surface area contributed by atoms with Crippen LogP contribution in [0.4, 0.5) is 5.69 Å². The van der Waals surface area contributed by atoms with E-state index in [2.05, 4.69) is 0 Å². The third kappa shape index (κ3) is 3.09. The van der Waals surface area contributed by atoms with Crippen molar-refractivity contribution < 1.29 is 14.2 Å². The van der Waals surface area contributed by atoms with Crippen molar-refractivity contribution in [2.24, 2.45) is 5.73 Å². The fourth-order valence-electron chi connectivity index (χ4n) is 2.20. The molecule has 116 valence electrons. The molecule has 22 heavy (non-hydrogen) atoms. The standard InChI is InChI=1S/C17H20N2O3/c1-20-13-6-12(7-14(9-13)21-2)15(10-18)11-4-5-16(19)17(8-11)22-3/h4-10H,18-19H2,1-3H3. The topological polar surface area (TPSA) is 79.7 Å². The first-order valence-electron chi connectivity index (χ1n) is 6.72. The summed E-state index contributed by atoms with van der Waals surface area (Å²) >= 11 is 0. The third-order valence-electron chi connectivity index (χ3n) is 3.37. The van der Waals surface area contributed by atoms with Crippen LogP contribution in [0.5, 0.6) is 17.2 Å². The summed E-state index contributed by atoms with van der Waals surface area (Å²) in [7, 11) is 4.79. The van der Waals surface area contributed by atoms with Crippen LogP contribution in [0.2, 0.25) is 0 Å². The molecule has 0 spiro atoms.